The van der Waals surface area contributed by atoms with Crippen molar-refractivity contribution in [1.82, 2.24) is 5.32 Å². The van der Waals surface area contributed by atoms with Crippen molar-refractivity contribution in [3.05, 3.63) is 17.7 Å². The number of anilines is 1. The SMILES string of the molecule is CCN(c1cc(OC)c(OC)cc1C(=O)NC[C@H]1CCCO1)S(C)(=O)=O. The zero-order valence-corrected chi connectivity index (χ0v) is 16.4. The summed E-state index contributed by atoms with van der Waals surface area (Å²) in [6, 6.07) is 3.00. The third-order valence-corrected chi connectivity index (χ3v) is 5.47. The number of amides is 1. The average Bonchev–Trinajstić information content (AvgIpc) is 3.12. The molecule has 1 aliphatic heterocycles. The lowest BCUT2D eigenvalue weighted by Crippen LogP contribution is -2.35. The van der Waals surface area contributed by atoms with E-state index in [0.717, 1.165) is 23.4 Å². The quantitative estimate of drug-likeness (QED) is 0.726. The van der Waals surface area contributed by atoms with Crippen molar-refractivity contribution in [3.8, 4) is 11.5 Å². The summed E-state index contributed by atoms with van der Waals surface area (Å²) in [6.45, 7) is 2.95. The Balaban J connectivity index is 2.41. The summed E-state index contributed by atoms with van der Waals surface area (Å²) in [6.07, 6.45) is 2.95. The first-order valence-electron chi connectivity index (χ1n) is 8.45. The first-order valence-corrected chi connectivity index (χ1v) is 10.3. The molecule has 1 aromatic carbocycles. The number of hydrogen-bond donors (Lipinski definition) is 1. The summed E-state index contributed by atoms with van der Waals surface area (Å²) in [4.78, 5) is 12.8. The first-order chi connectivity index (χ1) is 12.3. The molecule has 2 rings (SSSR count). The van der Waals surface area contributed by atoms with Crippen molar-refractivity contribution in [2.75, 3.05) is 44.5 Å². The van der Waals surface area contributed by atoms with E-state index in [1.54, 1.807) is 6.92 Å². The fourth-order valence-electron chi connectivity index (χ4n) is 2.95. The standard InChI is InChI=1S/C17H26N2O6S/c1-5-19(26(4,21)22)14-10-16(24-3)15(23-2)9-13(14)17(20)18-11-12-7-6-8-25-12/h9-10,12H,5-8,11H2,1-4H3,(H,18,20)/t12-/m1/s1. The second-order valence-corrected chi connectivity index (χ2v) is 7.90. The van der Waals surface area contributed by atoms with Crippen LogP contribution >= 0.6 is 0 Å². The minimum absolute atomic E-state index is 0.0141. The van der Waals surface area contributed by atoms with Crippen LogP contribution in [0.5, 0.6) is 11.5 Å². The fourth-order valence-corrected chi connectivity index (χ4v) is 3.92. The van der Waals surface area contributed by atoms with Gasteiger partial charge in [-0.1, -0.05) is 0 Å². The van der Waals surface area contributed by atoms with Crippen molar-refractivity contribution in [1.29, 1.82) is 0 Å². The monoisotopic (exact) mass is 386 g/mol. The third-order valence-electron chi connectivity index (χ3n) is 4.22. The van der Waals surface area contributed by atoms with E-state index in [9.17, 15) is 13.2 Å². The minimum Gasteiger partial charge on any atom is -0.493 e. The number of nitrogens with one attached hydrogen (secondary N) is 1. The molecule has 0 unspecified atom stereocenters. The number of rotatable bonds is 8. The van der Waals surface area contributed by atoms with Crippen molar-refractivity contribution in [2.24, 2.45) is 0 Å². The molecule has 0 radical (unpaired) electrons. The predicted molar refractivity (Wildman–Crippen MR) is 98.7 cm³/mol. The van der Waals surface area contributed by atoms with Gasteiger partial charge in [-0.05, 0) is 25.8 Å². The Morgan fingerprint density at radius 2 is 1.96 bits per heavy atom. The molecule has 0 saturated carbocycles. The normalized spacial score (nSPS) is 17.0. The highest BCUT2D eigenvalue weighted by Gasteiger charge is 2.26. The maximum absolute atomic E-state index is 12.8. The zero-order chi connectivity index (χ0) is 19.3. The van der Waals surface area contributed by atoms with E-state index in [0.29, 0.717) is 24.7 Å². The smallest absolute Gasteiger partial charge is 0.253 e. The van der Waals surface area contributed by atoms with Crippen LogP contribution in [0, 0.1) is 0 Å². The van der Waals surface area contributed by atoms with Crippen molar-refractivity contribution >= 4 is 21.6 Å². The van der Waals surface area contributed by atoms with Gasteiger partial charge in [0.2, 0.25) is 10.0 Å². The molecule has 1 amide bonds. The Hall–Kier alpha value is -2.00. The van der Waals surface area contributed by atoms with Gasteiger partial charge >= 0.3 is 0 Å². The first kappa shape index (κ1) is 20.3. The van der Waals surface area contributed by atoms with E-state index in [4.69, 9.17) is 14.2 Å². The molecule has 8 nitrogen and oxygen atoms in total. The maximum atomic E-state index is 12.8. The molecule has 1 aromatic rings. The van der Waals surface area contributed by atoms with E-state index in [2.05, 4.69) is 5.32 Å². The van der Waals surface area contributed by atoms with Gasteiger partial charge in [-0.2, -0.15) is 0 Å². The summed E-state index contributed by atoms with van der Waals surface area (Å²) >= 11 is 0. The van der Waals surface area contributed by atoms with Gasteiger partial charge in [0.25, 0.3) is 5.91 Å². The van der Waals surface area contributed by atoms with Crippen LogP contribution in [-0.2, 0) is 14.8 Å². The number of hydrogen-bond acceptors (Lipinski definition) is 6. The van der Waals surface area contributed by atoms with E-state index in [1.165, 1.54) is 26.4 Å². The number of sulfonamides is 1. The Morgan fingerprint density at radius 3 is 2.46 bits per heavy atom. The van der Waals surface area contributed by atoms with Gasteiger partial charge in [0, 0.05) is 25.8 Å². The maximum Gasteiger partial charge on any atom is 0.253 e. The van der Waals surface area contributed by atoms with Crippen LogP contribution in [-0.4, -0.2) is 60.6 Å². The van der Waals surface area contributed by atoms with E-state index < -0.39 is 15.9 Å². The van der Waals surface area contributed by atoms with Gasteiger partial charge in [-0.15, -0.1) is 0 Å². The molecule has 26 heavy (non-hydrogen) atoms. The summed E-state index contributed by atoms with van der Waals surface area (Å²) in [5.74, 6) is 0.307. The molecule has 0 spiro atoms. The predicted octanol–water partition coefficient (Wildman–Crippen LogP) is 1.40. The summed E-state index contributed by atoms with van der Waals surface area (Å²) in [5, 5.41) is 2.82. The highest BCUT2D eigenvalue weighted by Crippen LogP contribution is 2.36. The molecule has 1 aliphatic rings. The fraction of sp³-hybridized carbons (Fsp3) is 0.588. The molecule has 0 aromatic heterocycles. The van der Waals surface area contributed by atoms with Crippen LogP contribution in [0.15, 0.2) is 12.1 Å². The molecule has 1 heterocycles. The molecule has 0 aliphatic carbocycles. The Labute approximate surface area is 154 Å². The van der Waals surface area contributed by atoms with Crippen molar-refractivity contribution in [2.45, 2.75) is 25.9 Å². The number of nitrogens with zero attached hydrogens (tertiary/aromatic N) is 1. The van der Waals surface area contributed by atoms with Gasteiger partial charge < -0.3 is 19.5 Å². The number of carbonyl (C=O) groups excluding carboxylic acids is 1. The molecular formula is C17H26N2O6S. The van der Waals surface area contributed by atoms with Gasteiger partial charge in [-0.25, -0.2) is 8.42 Å². The van der Waals surface area contributed by atoms with E-state index in [1.807, 2.05) is 0 Å². The van der Waals surface area contributed by atoms with Gasteiger partial charge in [0.05, 0.1) is 37.8 Å². The van der Waals surface area contributed by atoms with Crippen LogP contribution in [0.4, 0.5) is 5.69 Å². The molecule has 146 valence electrons. The molecule has 1 saturated heterocycles. The topological polar surface area (TPSA) is 94.2 Å². The van der Waals surface area contributed by atoms with Crippen molar-refractivity contribution in [3.63, 3.8) is 0 Å². The summed E-state index contributed by atoms with van der Waals surface area (Å²) in [5.41, 5.74) is 0.449. The molecule has 0 bridgehead atoms. The van der Waals surface area contributed by atoms with E-state index >= 15 is 0 Å². The van der Waals surface area contributed by atoms with Crippen LogP contribution in [0.2, 0.25) is 0 Å². The summed E-state index contributed by atoms with van der Waals surface area (Å²) < 4.78 is 41.5. The minimum atomic E-state index is -3.57. The number of methoxy groups -OCH3 is 2. The van der Waals surface area contributed by atoms with Crippen molar-refractivity contribution < 1.29 is 27.4 Å². The van der Waals surface area contributed by atoms with Gasteiger partial charge in [-0.3, -0.25) is 9.10 Å². The van der Waals surface area contributed by atoms with Crippen LogP contribution in [0.25, 0.3) is 0 Å². The lowest BCUT2D eigenvalue weighted by atomic mass is 10.1. The Kier molecular flexibility index (Phi) is 6.71. The molecule has 1 fully saturated rings. The second-order valence-electron chi connectivity index (χ2n) is 6.00. The van der Waals surface area contributed by atoms with E-state index in [-0.39, 0.29) is 23.9 Å². The van der Waals surface area contributed by atoms with Crippen LogP contribution in [0.3, 0.4) is 0 Å². The molecule has 1 N–H and O–H groups in total. The second kappa shape index (κ2) is 8.59. The van der Waals surface area contributed by atoms with Crippen LogP contribution < -0.4 is 19.1 Å². The lowest BCUT2D eigenvalue weighted by Gasteiger charge is -2.24. The molecule has 9 heteroatoms. The Morgan fingerprint density at radius 1 is 1.31 bits per heavy atom. The molecule has 1 atom stereocenters. The third kappa shape index (κ3) is 4.59. The number of ether oxygens (including phenoxy) is 3. The number of carbonyl (C=O) groups is 1. The highest BCUT2D eigenvalue weighted by atomic mass is 32.2. The van der Waals surface area contributed by atoms with Crippen LogP contribution in [0.1, 0.15) is 30.1 Å². The zero-order valence-electron chi connectivity index (χ0n) is 15.6. The lowest BCUT2D eigenvalue weighted by molar-refractivity contribution is 0.0858. The number of benzene rings is 1. The van der Waals surface area contributed by atoms with Gasteiger partial charge in [0.15, 0.2) is 11.5 Å². The highest BCUT2D eigenvalue weighted by molar-refractivity contribution is 7.92. The summed E-state index contributed by atoms with van der Waals surface area (Å²) in [7, 11) is -0.655. The largest absolute Gasteiger partial charge is 0.493 e. The molecular weight excluding hydrogens is 360 g/mol. The van der Waals surface area contributed by atoms with Gasteiger partial charge in [0.1, 0.15) is 0 Å². The Bertz CT molecular complexity index is 744. The average molecular weight is 386 g/mol.